The van der Waals surface area contributed by atoms with Crippen molar-refractivity contribution in [2.75, 3.05) is 7.05 Å². The van der Waals surface area contributed by atoms with Crippen LogP contribution in [0.2, 0.25) is 0 Å². The minimum absolute atomic E-state index is 0.236. The van der Waals surface area contributed by atoms with Gasteiger partial charge in [0.2, 0.25) is 0 Å². The maximum Gasteiger partial charge on any atom is 0.326 e. The van der Waals surface area contributed by atoms with Gasteiger partial charge in [0.15, 0.2) is 0 Å². The maximum atomic E-state index is 11.7. The molecule has 1 aliphatic carbocycles. The summed E-state index contributed by atoms with van der Waals surface area (Å²) in [6.07, 6.45) is 4.87. The van der Waals surface area contributed by atoms with E-state index in [4.69, 9.17) is 5.11 Å². The number of amides is 2. The number of carboxylic acid groups (broad SMARTS) is 1. The van der Waals surface area contributed by atoms with E-state index in [1.165, 1.54) is 6.08 Å². The van der Waals surface area contributed by atoms with Crippen LogP contribution in [0.25, 0.3) is 0 Å². The molecule has 0 heterocycles. The topological polar surface area (TPSA) is 69.6 Å². The zero-order chi connectivity index (χ0) is 12.1. The monoisotopic (exact) mass is 226 g/mol. The fourth-order valence-corrected chi connectivity index (χ4v) is 1.58. The van der Waals surface area contributed by atoms with E-state index >= 15 is 0 Å². The van der Waals surface area contributed by atoms with Crippen molar-refractivity contribution in [3.05, 3.63) is 12.7 Å². The van der Waals surface area contributed by atoms with E-state index in [9.17, 15) is 9.59 Å². The summed E-state index contributed by atoms with van der Waals surface area (Å²) in [5, 5.41) is 11.3. The molecule has 0 aliphatic heterocycles. The fraction of sp³-hybridized carbons (Fsp3) is 0.636. The average Bonchev–Trinajstić information content (AvgIpc) is 2.13. The van der Waals surface area contributed by atoms with E-state index in [1.54, 1.807) is 11.9 Å². The summed E-state index contributed by atoms with van der Waals surface area (Å²) in [6, 6.07) is -0.940. The van der Waals surface area contributed by atoms with Crippen molar-refractivity contribution >= 4 is 12.0 Å². The third kappa shape index (κ3) is 2.98. The van der Waals surface area contributed by atoms with Gasteiger partial charge in [-0.1, -0.05) is 6.08 Å². The lowest BCUT2D eigenvalue weighted by molar-refractivity contribution is -0.139. The van der Waals surface area contributed by atoms with Crippen LogP contribution < -0.4 is 5.32 Å². The molecule has 1 unspecified atom stereocenters. The Balaban J connectivity index is 2.46. The molecule has 5 heteroatoms. The van der Waals surface area contributed by atoms with Gasteiger partial charge < -0.3 is 15.3 Å². The largest absolute Gasteiger partial charge is 0.480 e. The Morgan fingerprint density at radius 1 is 1.62 bits per heavy atom. The van der Waals surface area contributed by atoms with Gasteiger partial charge in [-0.25, -0.2) is 9.59 Å². The summed E-state index contributed by atoms with van der Waals surface area (Å²) in [6.45, 7) is 3.47. The molecule has 2 amide bonds. The normalized spacial score (nSPS) is 17.1. The summed E-state index contributed by atoms with van der Waals surface area (Å²) in [4.78, 5) is 24.1. The number of hydrogen-bond acceptors (Lipinski definition) is 2. The molecular formula is C11H18N2O3. The van der Waals surface area contributed by atoms with Crippen LogP contribution in [0.1, 0.15) is 25.7 Å². The summed E-state index contributed by atoms with van der Waals surface area (Å²) in [5.41, 5.74) is 0. The highest BCUT2D eigenvalue weighted by Gasteiger charge is 2.28. The molecule has 1 rings (SSSR count). The van der Waals surface area contributed by atoms with E-state index < -0.39 is 12.0 Å². The van der Waals surface area contributed by atoms with E-state index in [2.05, 4.69) is 11.9 Å². The molecule has 0 radical (unpaired) electrons. The van der Waals surface area contributed by atoms with Crippen molar-refractivity contribution in [2.45, 2.75) is 37.8 Å². The van der Waals surface area contributed by atoms with Crippen molar-refractivity contribution < 1.29 is 14.7 Å². The summed E-state index contributed by atoms with van der Waals surface area (Å²) in [7, 11) is 1.70. The number of carbonyl (C=O) groups excluding carboxylic acids is 1. The van der Waals surface area contributed by atoms with E-state index in [1.807, 2.05) is 0 Å². The van der Waals surface area contributed by atoms with Gasteiger partial charge in [0, 0.05) is 13.1 Å². The lowest BCUT2D eigenvalue weighted by atomic mass is 9.92. The lowest BCUT2D eigenvalue weighted by Gasteiger charge is -2.35. The summed E-state index contributed by atoms with van der Waals surface area (Å²) >= 11 is 0. The first-order valence-corrected chi connectivity index (χ1v) is 5.43. The van der Waals surface area contributed by atoms with Gasteiger partial charge in [0.1, 0.15) is 6.04 Å². The van der Waals surface area contributed by atoms with Crippen LogP contribution in [-0.2, 0) is 4.79 Å². The molecule has 5 nitrogen and oxygen atoms in total. The molecule has 0 aromatic rings. The molecule has 1 aliphatic rings. The van der Waals surface area contributed by atoms with E-state index in [0.29, 0.717) is 0 Å². The van der Waals surface area contributed by atoms with Gasteiger partial charge >= 0.3 is 12.0 Å². The smallest absolute Gasteiger partial charge is 0.326 e. The first-order chi connectivity index (χ1) is 7.56. The van der Waals surface area contributed by atoms with Crippen LogP contribution in [-0.4, -0.2) is 41.1 Å². The second-order valence-corrected chi connectivity index (χ2v) is 4.06. The van der Waals surface area contributed by atoms with E-state index in [-0.39, 0.29) is 18.5 Å². The van der Waals surface area contributed by atoms with Crippen LogP contribution in [0, 0.1) is 0 Å². The Labute approximate surface area is 95.1 Å². The highest BCUT2D eigenvalue weighted by molar-refractivity contribution is 5.82. The molecule has 16 heavy (non-hydrogen) atoms. The first-order valence-electron chi connectivity index (χ1n) is 5.43. The minimum Gasteiger partial charge on any atom is -0.480 e. The Kier molecular flexibility index (Phi) is 4.34. The fourth-order valence-electron chi connectivity index (χ4n) is 1.58. The van der Waals surface area contributed by atoms with Crippen LogP contribution in [0.3, 0.4) is 0 Å². The Hall–Kier alpha value is -1.52. The standard InChI is InChI=1S/C11H18N2O3/c1-3-5-9(10(14)15)12-11(16)13(2)8-6-4-7-8/h3,8-9H,1,4-7H2,2H3,(H,12,16)(H,14,15). The second-order valence-electron chi connectivity index (χ2n) is 4.06. The Morgan fingerprint density at radius 3 is 2.62 bits per heavy atom. The van der Waals surface area contributed by atoms with Gasteiger partial charge in [0.25, 0.3) is 0 Å². The average molecular weight is 226 g/mol. The predicted octanol–water partition coefficient (Wildman–Crippen LogP) is 1.21. The quantitative estimate of drug-likeness (QED) is 0.692. The molecule has 1 fully saturated rings. The zero-order valence-electron chi connectivity index (χ0n) is 9.48. The van der Waals surface area contributed by atoms with Crippen molar-refractivity contribution in [1.82, 2.24) is 10.2 Å². The Morgan fingerprint density at radius 2 is 2.25 bits per heavy atom. The molecule has 0 spiro atoms. The molecule has 0 saturated heterocycles. The SMILES string of the molecule is C=CCC(NC(=O)N(C)C1CCC1)C(=O)O. The summed E-state index contributed by atoms with van der Waals surface area (Å²) in [5.74, 6) is -1.03. The number of hydrogen-bond donors (Lipinski definition) is 2. The number of carboxylic acids is 1. The number of carbonyl (C=O) groups is 2. The molecule has 1 atom stereocenters. The molecule has 0 bridgehead atoms. The van der Waals surface area contributed by atoms with E-state index in [0.717, 1.165) is 19.3 Å². The number of nitrogens with zero attached hydrogens (tertiary/aromatic N) is 1. The highest BCUT2D eigenvalue weighted by atomic mass is 16.4. The number of aliphatic carboxylic acids is 1. The maximum absolute atomic E-state index is 11.7. The highest BCUT2D eigenvalue weighted by Crippen LogP contribution is 2.23. The molecule has 0 aromatic carbocycles. The molecule has 0 aromatic heterocycles. The van der Waals surface area contributed by atoms with Gasteiger partial charge in [-0.15, -0.1) is 6.58 Å². The predicted molar refractivity (Wildman–Crippen MR) is 60.2 cm³/mol. The van der Waals surface area contributed by atoms with Crippen molar-refractivity contribution in [3.63, 3.8) is 0 Å². The molecular weight excluding hydrogens is 208 g/mol. The van der Waals surface area contributed by atoms with Crippen LogP contribution in [0.4, 0.5) is 4.79 Å². The minimum atomic E-state index is -1.03. The third-order valence-electron chi connectivity index (χ3n) is 2.94. The zero-order valence-corrected chi connectivity index (χ0v) is 9.48. The van der Waals surface area contributed by atoms with Gasteiger partial charge in [-0.05, 0) is 25.7 Å². The van der Waals surface area contributed by atoms with Gasteiger partial charge in [-0.2, -0.15) is 0 Å². The third-order valence-corrected chi connectivity index (χ3v) is 2.94. The summed E-state index contributed by atoms with van der Waals surface area (Å²) < 4.78 is 0. The second kappa shape index (κ2) is 5.53. The number of urea groups is 1. The van der Waals surface area contributed by atoms with Gasteiger partial charge in [0.05, 0.1) is 0 Å². The molecule has 2 N–H and O–H groups in total. The van der Waals surface area contributed by atoms with Crippen LogP contribution in [0.5, 0.6) is 0 Å². The molecule has 90 valence electrons. The van der Waals surface area contributed by atoms with Crippen molar-refractivity contribution in [1.29, 1.82) is 0 Å². The Bertz CT molecular complexity index is 287. The van der Waals surface area contributed by atoms with Gasteiger partial charge in [-0.3, -0.25) is 0 Å². The lowest BCUT2D eigenvalue weighted by Crippen LogP contribution is -2.51. The number of nitrogens with one attached hydrogen (secondary N) is 1. The first kappa shape index (κ1) is 12.5. The van der Waals surface area contributed by atoms with Crippen molar-refractivity contribution in [2.24, 2.45) is 0 Å². The number of rotatable bonds is 5. The molecule has 1 saturated carbocycles. The van der Waals surface area contributed by atoms with Crippen LogP contribution >= 0.6 is 0 Å². The van der Waals surface area contributed by atoms with Crippen molar-refractivity contribution in [3.8, 4) is 0 Å². The van der Waals surface area contributed by atoms with Crippen LogP contribution in [0.15, 0.2) is 12.7 Å².